The van der Waals surface area contributed by atoms with Crippen LogP contribution in [0.3, 0.4) is 0 Å². The number of rotatable bonds is 9. The minimum Gasteiger partial charge on any atom is -0.487 e. The lowest BCUT2D eigenvalue weighted by Gasteiger charge is -2.41. The molecule has 0 spiro atoms. The Labute approximate surface area is 215 Å². The first-order valence-corrected chi connectivity index (χ1v) is 13.3. The zero-order valence-electron chi connectivity index (χ0n) is 20.2. The van der Waals surface area contributed by atoms with E-state index in [1.54, 1.807) is 36.4 Å². The number of carboxylic acid groups (broad SMARTS) is 1. The number of benzene rings is 3. The standard InChI is InChI=1S/C28H27N3O5S/c1-20-7-13-24(14-8-20)37(34,35)29-17-21-9-11-22(12-10-21)36-23-18-31(19-23)26-6-4-5-25(28(32)33)27(26)30-15-2-3-16-30/h2-16,23,29H,17-19H2,1H3,(H,32,33). The van der Waals surface area contributed by atoms with E-state index in [0.717, 1.165) is 16.8 Å². The number of carboxylic acids is 1. The van der Waals surface area contributed by atoms with Gasteiger partial charge in [0, 0.05) is 18.9 Å². The summed E-state index contributed by atoms with van der Waals surface area (Å²) in [6.07, 6.45) is 3.63. The number of aromatic nitrogens is 1. The first-order valence-electron chi connectivity index (χ1n) is 11.9. The second-order valence-corrected chi connectivity index (χ2v) is 10.8. The highest BCUT2D eigenvalue weighted by atomic mass is 32.2. The van der Waals surface area contributed by atoms with Gasteiger partial charge in [0.2, 0.25) is 10.0 Å². The molecule has 9 heteroatoms. The van der Waals surface area contributed by atoms with Gasteiger partial charge in [-0.3, -0.25) is 0 Å². The summed E-state index contributed by atoms with van der Waals surface area (Å²) < 4.78 is 35.5. The number of carbonyl (C=O) groups is 1. The Hall–Kier alpha value is -4.08. The minimum atomic E-state index is -3.59. The molecule has 4 aromatic rings. The molecule has 0 radical (unpaired) electrons. The van der Waals surface area contributed by atoms with Crippen molar-refractivity contribution < 1.29 is 23.1 Å². The van der Waals surface area contributed by atoms with Crippen molar-refractivity contribution in [2.24, 2.45) is 0 Å². The topological polar surface area (TPSA) is 101 Å². The fraction of sp³-hybridized carbons (Fsp3) is 0.179. The summed E-state index contributed by atoms with van der Waals surface area (Å²) in [6.45, 7) is 3.33. The molecule has 1 fully saturated rings. The summed E-state index contributed by atoms with van der Waals surface area (Å²) in [5, 5.41) is 9.69. The number of ether oxygens (including phenoxy) is 1. The normalized spacial score (nSPS) is 13.8. The van der Waals surface area contributed by atoms with Crippen LogP contribution in [-0.2, 0) is 16.6 Å². The molecule has 5 rings (SSSR count). The Balaban J connectivity index is 1.19. The molecule has 2 heterocycles. The molecule has 37 heavy (non-hydrogen) atoms. The molecule has 1 aliphatic heterocycles. The molecule has 0 atom stereocenters. The third-order valence-corrected chi connectivity index (χ3v) is 7.74. The zero-order valence-corrected chi connectivity index (χ0v) is 21.1. The molecule has 8 nitrogen and oxygen atoms in total. The molecular formula is C28H27N3O5S. The van der Waals surface area contributed by atoms with Crippen LogP contribution in [-0.4, -0.2) is 43.3 Å². The summed E-state index contributed by atoms with van der Waals surface area (Å²) in [6, 6.07) is 23.1. The number of para-hydroxylation sites is 1. The van der Waals surface area contributed by atoms with Gasteiger partial charge in [0.1, 0.15) is 11.9 Å². The van der Waals surface area contributed by atoms with Gasteiger partial charge in [-0.15, -0.1) is 0 Å². The maximum absolute atomic E-state index is 12.5. The summed E-state index contributed by atoms with van der Waals surface area (Å²) in [5.41, 5.74) is 3.54. The number of anilines is 1. The molecule has 1 saturated heterocycles. The third-order valence-electron chi connectivity index (χ3n) is 6.32. The Kier molecular flexibility index (Phi) is 6.73. The Morgan fingerprint density at radius 1 is 0.973 bits per heavy atom. The van der Waals surface area contributed by atoms with E-state index in [4.69, 9.17) is 4.74 Å². The quantitative estimate of drug-likeness (QED) is 0.345. The van der Waals surface area contributed by atoms with Crippen molar-refractivity contribution in [3.05, 3.63) is 108 Å². The van der Waals surface area contributed by atoms with E-state index in [9.17, 15) is 18.3 Å². The van der Waals surface area contributed by atoms with E-state index in [1.165, 1.54) is 0 Å². The van der Waals surface area contributed by atoms with Gasteiger partial charge in [0.15, 0.2) is 0 Å². The van der Waals surface area contributed by atoms with E-state index < -0.39 is 16.0 Å². The zero-order chi connectivity index (χ0) is 26.0. The SMILES string of the molecule is Cc1ccc(S(=O)(=O)NCc2ccc(OC3CN(c4cccc(C(=O)O)c4-n4cccc4)C3)cc2)cc1. The first kappa shape index (κ1) is 24.6. The van der Waals surface area contributed by atoms with E-state index in [0.29, 0.717) is 24.5 Å². The third kappa shape index (κ3) is 5.37. The number of nitrogens with zero attached hydrogens (tertiary/aromatic N) is 2. The predicted molar refractivity (Wildman–Crippen MR) is 141 cm³/mol. The number of sulfonamides is 1. The molecule has 1 aliphatic rings. The van der Waals surface area contributed by atoms with Crippen LogP contribution in [0.5, 0.6) is 5.75 Å². The second-order valence-electron chi connectivity index (χ2n) is 9.00. The van der Waals surface area contributed by atoms with Crippen LogP contribution < -0.4 is 14.4 Å². The fourth-order valence-corrected chi connectivity index (χ4v) is 5.30. The van der Waals surface area contributed by atoms with Crippen LogP contribution in [0.25, 0.3) is 5.69 Å². The van der Waals surface area contributed by atoms with Crippen LogP contribution in [0.2, 0.25) is 0 Å². The van der Waals surface area contributed by atoms with Crippen molar-refractivity contribution in [2.45, 2.75) is 24.5 Å². The monoisotopic (exact) mass is 517 g/mol. The van der Waals surface area contributed by atoms with E-state index in [1.807, 2.05) is 66.3 Å². The number of aromatic carboxylic acids is 1. The van der Waals surface area contributed by atoms with Crippen molar-refractivity contribution in [3.63, 3.8) is 0 Å². The molecule has 3 aromatic carbocycles. The average molecular weight is 518 g/mol. The largest absolute Gasteiger partial charge is 0.487 e. The number of aryl methyl sites for hydroxylation is 1. The fourth-order valence-electron chi connectivity index (χ4n) is 4.28. The molecule has 2 N–H and O–H groups in total. The molecule has 0 saturated carbocycles. The van der Waals surface area contributed by atoms with Crippen molar-refractivity contribution in [1.82, 2.24) is 9.29 Å². The second kappa shape index (κ2) is 10.1. The van der Waals surface area contributed by atoms with Crippen LogP contribution in [0, 0.1) is 6.92 Å². The van der Waals surface area contributed by atoms with Crippen molar-refractivity contribution in [1.29, 1.82) is 0 Å². The smallest absolute Gasteiger partial charge is 0.337 e. The number of nitrogens with one attached hydrogen (secondary N) is 1. The molecule has 1 aromatic heterocycles. The lowest BCUT2D eigenvalue weighted by Crippen LogP contribution is -2.54. The summed E-state index contributed by atoms with van der Waals surface area (Å²) in [5.74, 6) is -0.278. The van der Waals surface area contributed by atoms with Gasteiger partial charge in [-0.25, -0.2) is 17.9 Å². The van der Waals surface area contributed by atoms with Gasteiger partial charge in [-0.1, -0.05) is 35.9 Å². The molecule has 0 unspecified atom stereocenters. The minimum absolute atomic E-state index is 0.0445. The van der Waals surface area contributed by atoms with Crippen molar-refractivity contribution >= 4 is 21.7 Å². The molecule has 0 aliphatic carbocycles. The van der Waals surface area contributed by atoms with Gasteiger partial charge in [-0.05, 0) is 61.0 Å². The lowest BCUT2D eigenvalue weighted by atomic mass is 10.1. The highest BCUT2D eigenvalue weighted by Gasteiger charge is 2.31. The van der Waals surface area contributed by atoms with Gasteiger partial charge in [-0.2, -0.15) is 0 Å². The highest BCUT2D eigenvalue weighted by Crippen LogP contribution is 2.32. The van der Waals surface area contributed by atoms with Gasteiger partial charge in [0.05, 0.1) is 34.9 Å². The van der Waals surface area contributed by atoms with E-state index in [2.05, 4.69) is 9.62 Å². The van der Waals surface area contributed by atoms with Gasteiger partial charge in [0.25, 0.3) is 0 Å². The Morgan fingerprint density at radius 3 is 2.30 bits per heavy atom. The number of hydrogen-bond acceptors (Lipinski definition) is 5. The molecular weight excluding hydrogens is 490 g/mol. The highest BCUT2D eigenvalue weighted by molar-refractivity contribution is 7.89. The van der Waals surface area contributed by atoms with Gasteiger partial charge < -0.3 is 19.3 Å². The maximum Gasteiger partial charge on any atom is 0.337 e. The van der Waals surface area contributed by atoms with Crippen LogP contribution in [0.15, 0.2) is 96.2 Å². The van der Waals surface area contributed by atoms with Crippen LogP contribution in [0.4, 0.5) is 5.69 Å². The molecule has 0 amide bonds. The van der Waals surface area contributed by atoms with Crippen LogP contribution in [0.1, 0.15) is 21.5 Å². The predicted octanol–water partition coefficient (Wildman–Crippen LogP) is 4.23. The van der Waals surface area contributed by atoms with Crippen molar-refractivity contribution in [2.75, 3.05) is 18.0 Å². The average Bonchev–Trinajstić information content (AvgIpc) is 3.40. The van der Waals surface area contributed by atoms with Crippen LogP contribution >= 0.6 is 0 Å². The van der Waals surface area contributed by atoms with Crippen molar-refractivity contribution in [3.8, 4) is 11.4 Å². The summed E-state index contributed by atoms with van der Waals surface area (Å²) in [7, 11) is -3.59. The first-order chi connectivity index (χ1) is 17.8. The van der Waals surface area contributed by atoms with E-state index >= 15 is 0 Å². The number of hydrogen-bond donors (Lipinski definition) is 2. The maximum atomic E-state index is 12.5. The lowest BCUT2D eigenvalue weighted by molar-refractivity contribution is 0.0697. The Morgan fingerprint density at radius 2 is 1.65 bits per heavy atom. The summed E-state index contributed by atoms with van der Waals surface area (Å²) >= 11 is 0. The van der Waals surface area contributed by atoms with E-state index in [-0.39, 0.29) is 23.1 Å². The van der Waals surface area contributed by atoms with Gasteiger partial charge >= 0.3 is 5.97 Å². The Bertz CT molecular complexity index is 1490. The summed E-state index contributed by atoms with van der Waals surface area (Å²) in [4.78, 5) is 14.2. The molecule has 190 valence electrons. The molecule has 0 bridgehead atoms.